The molecule has 3 aromatic rings. The van der Waals surface area contributed by atoms with E-state index in [0.717, 1.165) is 6.26 Å². The lowest BCUT2D eigenvalue weighted by Gasteiger charge is -2.21. The number of hydrogen-bond donors (Lipinski definition) is 0. The van der Waals surface area contributed by atoms with Gasteiger partial charge in [-0.05, 0) is 55.3 Å². The third kappa shape index (κ3) is 5.25. The van der Waals surface area contributed by atoms with Gasteiger partial charge in [0.2, 0.25) is 10.0 Å². The number of methoxy groups -OCH3 is 2. The van der Waals surface area contributed by atoms with E-state index < -0.39 is 31.8 Å². The summed E-state index contributed by atoms with van der Waals surface area (Å²) in [5, 5.41) is 0. The monoisotopic (exact) mass is 553 g/mol. The third-order valence-corrected chi connectivity index (χ3v) is 10.0. The summed E-state index contributed by atoms with van der Waals surface area (Å²) in [4.78, 5) is 18.2. The van der Waals surface area contributed by atoms with Crippen molar-refractivity contribution >= 4 is 47.3 Å². The molecule has 0 spiro atoms. The minimum Gasteiger partial charge on any atom is -0.497 e. The Bertz CT molecular complexity index is 1560. The first-order valence-electron chi connectivity index (χ1n) is 11.1. The first-order valence-corrected chi connectivity index (χ1v) is 15.3. The molecule has 1 aromatic heterocycles. The van der Waals surface area contributed by atoms with Gasteiger partial charge in [-0.25, -0.2) is 16.8 Å². The Morgan fingerprint density at radius 2 is 1.78 bits per heavy atom. The highest BCUT2D eigenvalue weighted by atomic mass is 32.2. The average molecular weight is 554 g/mol. The van der Waals surface area contributed by atoms with E-state index in [0.29, 0.717) is 46.8 Å². The molecule has 0 aliphatic carbocycles. The first kappa shape index (κ1) is 26.5. The molecule has 1 atom stereocenters. The zero-order valence-corrected chi connectivity index (χ0v) is 22.5. The van der Waals surface area contributed by atoms with E-state index in [1.165, 1.54) is 41.0 Å². The lowest BCUT2D eigenvalue weighted by atomic mass is 10.2. The van der Waals surface area contributed by atoms with Gasteiger partial charge < -0.3 is 14.0 Å². The maximum absolute atomic E-state index is 13.3. The van der Waals surface area contributed by atoms with Crippen LogP contribution in [0.2, 0.25) is 0 Å². The summed E-state index contributed by atoms with van der Waals surface area (Å²) in [6, 6.07) is 9.85. The summed E-state index contributed by atoms with van der Waals surface area (Å²) in [6.07, 6.45) is 2.03. The standard InChI is InChI=1S/C23H27N3O7S3/c1-32-14-13-25-19-11-10-18(35(3,28)29)15-21(19)34-23(25)24-22(27)20-5-4-12-26(20)36(30,31)17-8-6-16(33-2)7-9-17/h6-11,15,20H,4-5,12-14H2,1-3H3. The van der Waals surface area contributed by atoms with Crippen molar-refractivity contribution in [3.8, 4) is 5.75 Å². The molecule has 0 N–H and O–H groups in total. The molecule has 1 fully saturated rings. The molecule has 0 radical (unpaired) electrons. The van der Waals surface area contributed by atoms with Crippen LogP contribution in [0, 0.1) is 0 Å². The maximum Gasteiger partial charge on any atom is 0.266 e. The Hall–Kier alpha value is -2.58. The highest BCUT2D eigenvalue weighted by molar-refractivity contribution is 7.90. The smallest absolute Gasteiger partial charge is 0.266 e. The van der Waals surface area contributed by atoms with Gasteiger partial charge in [-0.2, -0.15) is 9.30 Å². The minimum atomic E-state index is -3.91. The fourth-order valence-electron chi connectivity index (χ4n) is 4.09. The molecule has 10 nitrogen and oxygen atoms in total. The van der Waals surface area contributed by atoms with Gasteiger partial charge in [0.25, 0.3) is 5.91 Å². The lowest BCUT2D eigenvalue weighted by Crippen LogP contribution is -2.40. The van der Waals surface area contributed by atoms with E-state index >= 15 is 0 Å². The summed E-state index contributed by atoms with van der Waals surface area (Å²) in [7, 11) is -4.28. The Morgan fingerprint density at radius 3 is 2.42 bits per heavy atom. The average Bonchev–Trinajstić information content (AvgIpc) is 3.47. The van der Waals surface area contributed by atoms with Crippen molar-refractivity contribution in [1.82, 2.24) is 8.87 Å². The Balaban J connectivity index is 1.73. The molecule has 0 bridgehead atoms. The molecule has 1 unspecified atom stereocenters. The predicted octanol–water partition coefficient (Wildman–Crippen LogP) is 2.04. The highest BCUT2D eigenvalue weighted by Crippen LogP contribution is 2.28. The molecule has 2 aromatic carbocycles. The number of hydrogen-bond acceptors (Lipinski definition) is 8. The lowest BCUT2D eigenvalue weighted by molar-refractivity contribution is -0.121. The van der Waals surface area contributed by atoms with Crippen LogP contribution in [0.1, 0.15) is 12.8 Å². The summed E-state index contributed by atoms with van der Waals surface area (Å²) < 4.78 is 64.5. The van der Waals surface area contributed by atoms with Crippen molar-refractivity contribution < 1.29 is 31.1 Å². The molecule has 1 amide bonds. The predicted molar refractivity (Wildman–Crippen MR) is 135 cm³/mol. The Labute approximate surface area is 213 Å². The van der Waals surface area contributed by atoms with Crippen LogP contribution in [0.3, 0.4) is 0 Å². The normalized spacial score (nSPS) is 17.6. The van der Waals surface area contributed by atoms with Gasteiger partial charge in [0.05, 0.1) is 33.7 Å². The third-order valence-electron chi connectivity index (χ3n) is 5.96. The second-order valence-electron chi connectivity index (χ2n) is 8.33. The van der Waals surface area contributed by atoms with Crippen LogP contribution in [0.4, 0.5) is 0 Å². The Kier molecular flexibility index (Phi) is 7.67. The van der Waals surface area contributed by atoms with Crippen molar-refractivity contribution in [2.24, 2.45) is 4.99 Å². The molecule has 1 aliphatic heterocycles. The number of amides is 1. The number of ether oxygens (including phenoxy) is 2. The second kappa shape index (κ2) is 10.4. The molecule has 2 heterocycles. The van der Waals surface area contributed by atoms with Gasteiger partial charge in [0.15, 0.2) is 14.6 Å². The van der Waals surface area contributed by atoms with Crippen molar-refractivity contribution in [2.75, 3.05) is 33.6 Å². The number of fused-ring (bicyclic) bond motifs is 1. The van der Waals surface area contributed by atoms with Gasteiger partial charge in [-0.1, -0.05) is 11.3 Å². The minimum absolute atomic E-state index is 0.0772. The van der Waals surface area contributed by atoms with E-state index in [1.807, 2.05) is 0 Å². The van der Waals surface area contributed by atoms with Crippen LogP contribution in [-0.4, -0.2) is 71.3 Å². The van der Waals surface area contributed by atoms with Crippen LogP contribution >= 0.6 is 11.3 Å². The number of thiazole rings is 1. The molecular weight excluding hydrogens is 526 g/mol. The number of nitrogens with zero attached hydrogens (tertiary/aromatic N) is 3. The summed E-state index contributed by atoms with van der Waals surface area (Å²) >= 11 is 1.17. The van der Waals surface area contributed by atoms with Crippen LogP contribution in [-0.2, 0) is 35.9 Å². The molecule has 4 rings (SSSR count). The first-order chi connectivity index (χ1) is 17.1. The summed E-state index contributed by atoms with van der Waals surface area (Å²) in [6.45, 7) is 0.954. The quantitative estimate of drug-likeness (QED) is 0.418. The van der Waals surface area contributed by atoms with Crippen molar-refractivity contribution in [1.29, 1.82) is 0 Å². The topological polar surface area (TPSA) is 124 Å². The van der Waals surface area contributed by atoms with Gasteiger partial charge >= 0.3 is 0 Å². The fourth-order valence-corrected chi connectivity index (χ4v) is 7.57. The zero-order chi connectivity index (χ0) is 26.1. The Morgan fingerprint density at radius 1 is 1.08 bits per heavy atom. The van der Waals surface area contributed by atoms with Gasteiger partial charge in [0, 0.05) is 26.5 Å². The molecule has 36 heavy (non-hydrogen) atoms. The molecule has 1 saturated heterocycles. The fraction of sp³-hybridized carbons (Fsp3) is 0.391. The van der Waals surface area contributed by atoms with Crippen LogP contribution < -0.4 is 9.54 Å². The van der Waals surface area contributed by atoms with Crippen LogP contribution in [0.5, 0.6) is 5.75 Å². The number of carbonyl (C=O) groups is 1. The van der Waals surface area contributed by atoms with E-state index in [9.17, 15) is 21.6 Å². The largest absolute Gasteiger partial charge is 0.497 e. The van der Waals surface area contributed by atoms with E-state index in [2.05, 4.69) is 4.99 Å². The van der Waals surface area contributed by atoms with Crippen LogP contribution in [0.15, 0.2) is 57.2 Å². The summed E-state index contributed by atoms with van der Waals surface area (Å²) in [5.74, 6) is -0.0342. The number of aromatic nitrogens is 1. The number of benzene rings is 2. The molecule has 13 heteroatoms. The number of sulfonamides is 1. The van der Waals surface area contributed by atoms with Crippen molar-refractivity contribution in [2.45, 2.75) is 35.2 Å². The number of carbonyl (C=O) groups excluding carboxylic acids is 1. The van der Waals surface area contributed by atoms with E-state index in [-0.39, 0.29) is 16.3 Å². The van der Waals surface area contributed by atoms with Crippen LogP contribution in [0.25, 0.3) is 10.2 Å². The van der Waals surface area contributed by atoms with Crippen molar-refractivity contribution in [3.05, 3.63) is 47.3 Å². The molecule has 0 saturated carbocycles. The second-order valence-corrected chi connectivity index (χ2v) is 13.2. The SMILES string of the molecule is COCCn1c(=NC(=O)C2CCCN2S(=O)(=O)c2ccc(OC)cc2)sc2cc(S(C)(=O)=O)ccc21. The van der Waals surface area contributed by atoms with Crippen molar-refractivity contribution in [3.63, 3.8) is 0 Å². The molecule has 194 valence electrons. The molecular formula is C23H27N3O7S3. The van der Waals surface area contributed by atoms with Gasteiger partial charge in [0.1, 0.15) is 11.8 Å². The zero-order valence-electron chi connectivity index (χ0n) is 20.1. The van der Waals surface area contributed by atoms with Gasteiger partial charge in [-0.15, -0.1) is 0 Å². The number of rotatable bonds is 8. The van der Waals surface area contributed by atoms with E-state index in [1.54, 1.807) is 35.9 Å². The maximum atomic E-state index is 13.3. The van der Waals surface area contributed by atoms with Gasteiger partial charge in [-0.3, -0.25) is 4.79 Å². The van der Waals surface area contributed by atoms with E-state index in [4.69, 9.17) is 9.47 Å². The summed E-state index contributed by atoms with van der Waals surface area (Å²) in [5.41, 5.74) is 0.713. The molecule has 1 aliphatic rings. The number of sulfone groups is 1. The highest BCUT2D eigenvalue weighted by Gasteiger charge is 2.39.